The van der Waals surface area contributed by atoms with Crippen LogP contribution in [-0.4, -0.2) is 54.3 Å². The highest BCUT2D eigenvalue weighted by Crippen LogP contribution is 2.47. The second-order valence-corrected chi connectivity index (χ2v) is 5.88. The Kier molecular flexibility index (Phi) is 3.63. The van der Waals surface area contributed by atoms with Gasteiger partial charge in [0.15, 0.2) is 0 Å². The van der Waals surface area contributed by atoms with Crippen LogP contribution in [0.25, 0.3) is 0 Å². The van der Waals surface area contributed by atoms with Crippen molar-refractivity contribution in [1.29, 1.82) is 0 Å². The molecule has 2 aliphatic rings. The van der Waals surface area contributed by atoms with Crippen LogP contribution in [0.1, 0.15) is 26.7 Å². The standard InChI is InChI=1S/C12H24N2S/c1-11(2)14-7-5-13(6-8-14)9-12(10-15)3-4-12/h11,15H,3-10H2,1-2H3. The summed E-state index contributed by atoms with van der Waals surface area (Å²) >= 11 is 4.48. The smallest absolute Gasteiger partial charge is 0.0113 e. The van der Waals surface area contributed by atoms with Crippen molar-refractivity contribution < 1.29 is 0 Å². The van der Waals surface area contributed by atoms with Crippen molar-refractivity contribution in [2.75, 3.05) is 38.5 Å². The number of hydrogen-bond acceptors (Lipinski definition) is 3. The number of hydrogen-bond donors (Lipinski definition) is 1. The van der Waals surface area contributed by atoms with Crippen LogP contribution in [0, 0.1) is 5.41 Å². The van der Waals surface area contributed by atoms with Gasteiger partial charge in [-0.2, -0.15) is 12.6 Å². The lowest BCUT2D eigenvalue weighted by Crippen LogP contribution is -2.50. The van der Waals surface area contributed by atoms with Gasteiger partial charge in [0.25, 0.3) is 0 Å². The van der Waals surface area contributed by atoms with Crippen molar-refractivity contribution in [3.05, 3.63) is 0 Å². The molecule has 1 aliphatic carbocycles. The summed E-state index contributed by atoms with van der Waals surface area (Å²) in [5.41, 5.74) is 0.600. The molecule has 88 valence electrons. The molecule has 0 amide bonds. The largest absolute Gasteiger partial charge is 0.300 e. The quantitative estimate of drug-likeness (QED) is 0.732. The molecule has 0 unspecified atom stereocenters. The Balaban J connectivity index is 1.74. The van der Waals surface area contributed by atoms with Crippen LogP contribution < -0.4 is 0 Å². The van der Waals surface area contributed by atoms with E-state index in [2.05, 4.69) is 36.3 Å². The lowest BCUT2D eigenvalue weighted by atomic mass is 10.1. The van der Waals surface area contributed by atoms with Crippen molar-refractivity contribution in [3.63, 3.8) is 0 Å². The first-order chi connectivity index (χ1) is 7.15. The average Bonchev–Trinajstić information content (AvgIpc) is 2.99. The fourth-order valence-electron chi connectivity index (χ4n) is 2.46. The molecular formula is C12H24N2S. The Bertz CT molecular complexity index is 206. The molecule has 0 aromatic rings. The predicted molar refractivity (Wildman–Crippen MR) is 68.7 cm³/mol. The molecule has 1 aliphatic heterocycles. The predicted octanol–water partition coefficient (Wildman–Crippen LogP) is 1.72. The second kappa shape index (κ2) is 4.64. The SMILES string of the molecule is CC(C)N1CCN(CC2(CS)CC2)CC1. The van der Waals surface area contributed by atoms with Crippen LogP contribution in [0.2, 0.25) is 0 Å². The molecule has 2 rings (SSSR count). The van der Waals surface area contributed by atoms with Crippen molar-refractivity contribution in [2.45, 2.75) is 32.7 Å². The average molecular weight is 228 g/mol. The van der Waals surface area contributed by atoms with Crippen LogP contribution in [0.15, 0.2) is 0 Å². The molecular weight excluding hydrogens is 204 g/mol. The summed E-state index contributed by atoms with van der Waals surface area (Å²) in [6.07, 6.45) is 2.81. The van der Waals surface area contributed by atoms with Crippen molar-refractivity contribution in [1.82, 2.24) is 9.80 Å². The fraction of sp³-hybridized carbons (Fsp3) is 1.00. The van der Waals surface area contributed by atoms with Crippen LogP contribution in [0.3, 0.4) is 0 Å². The lowest BCUT2D eigenvalue weighted by Gasteiger charge is -2.38. The van der Waals surface area contributed by atoms with Gasteiger partial charge in [0, 0.05) is 38.8 Å². The van der Waals surface area contributed by atoms with Gasteiger partial charge in [-0.05, 0) is 37.9 Å². The highest BCUT2D eigenvalue weighted by Gasteiger charge is 2.42. The van der Waals surface area contributed by atoms with E-state index in [1.807, 2.05) is 0 Å². The van der Waals surface area contributed by atoms with E-state index in [9.17, 15) is 0 Å². The van der Waals surface area contributed by atoms with E-state index in [0.29, 0.717) is 11.5 Å². The topological polar surface area (TPSA) is 6.48 Å². The molecule has 1 heterocycles. The third-order valence-corrected chi connectivity index (χ3v) is 4.66. The Morgan fingerprint density at radius 1 is 1.13 bits per heavy atom. The summed E-state index contributed by atoms with van der Waals surface area (Å²) in [4.78, 5) is 5.22. The van der Waals surface area contributed by atoms with E-state index in [0.717, 1.165) is 5.75 Å². The molecule has 0 atom stereocenters. The van der Waals surface area contributed by atoms with Gasteiger partial charge in [-0.1, -0.05) is 0 Å². The summed E-state index contributed by atoms with van der Waals surface area (Å²) in [5, 5.41) is 0. The van der Waals surface area contributed by atoms with E-state index in [1.165, 1.54) is 45.6 Å². The molecule has 0 spiro atoms. The summed E-state index contributed by atoms with van der Waals surface area (Å²) in [6.45, 7) is 10.9. The molecule has 2 fully saturated rings. The van der Waals surface area contributed by atoms with Crippen molar-refractivity contribution in [2.24, 2.45) is 5.41 Å². The van der Waals surface area contributed by atoms with E-state index in [4.69, 9.17) is 0 Å². The van der Waals surface area contributed by atoms with Crippen LogP contribution in [0.5, 0.6) is 0 Å². The molecule has 0 radical (unpaired) electrons. The van der Waals surface area contributed by atoms with Gasteiger partial charge in [0.2, 0.25) is 0 Å². The number of rotatable bonds is 4. The Morgan fingerprint density at radius 2 is 1.73 bits per heavy atom. The van der Waals surface area contributed by atoms with E-state index < -0.39 is 0 Å². The van der Waals surface area contributed by atoms with E-state index >= 15 is 0 Å². The molecule has 1 saturated carbocycles. The number of nitrogens with zero attached hydrogens (tertiary/aromatic N) is 2. The minimum Gasteiger partial charge on any atom is -0.300 e. The third-order valence-electron chi connectivity index (χ3n) is 3.99. The molecule has 1 saturated heterocycles. The first kappa shape index (κ1) is 11.7. The van der Waals surface area contributed by atoms with Gasteiger partial charge < -0.3 is 4.90 Å². The van der Waals surface area contributed by atoms with Crippen LogP contribution >= 0.6 is 12.6 Å². The molecule has 0 aromatic heterocycles. The minimum absolute atomic E-state index is 0.600. The molecule has 0 aromatic carbocycles. The maximum absolute atomic E-state index is 4.48. The molecule has 0 bridgehead atoms. The van der Waals surface area contributed by atoms with Gasteiger partial charge in [0.05, 0.1) is 0 Å². The minimum atomic E-state index is 0.600. The number of thiol groups is 1. The third kappa shape index (κ3) is 2.89. The van der Waals surface area contributed by atoms with E-state index in [1.54, 1.807) is 0 Å². The first-order valence-electron chi connectivity index (χ1n) is 6.22. The monoisotopic (exact) mass is 228 g/mol. The van der Waals surface area contributed by atoms with E-state index in [-0.39, 0.29) is 0 Å². The van der Waals surface area contributed by atoms with Gasteiger partial charge in [-0.15, -0.1) is 0 Å². The van der Waals surface area contributed by atoms with Crippen LogP contribution in [-0.2, 0) is 0 Å². The van der Waals surface area contributed by atoms with Gasteiger partial charge >= 0.3 is 0 Å². The first-order valence-corrected chi connectivity index (χ1v) is 6.86. The van der Waals surface area contributed by atoms with Crippen molar-refractivity contribution in [3.8, 4) is 0 Å². The maximum atomic E-state index is 4.48. The zero-order valence-corrected chi connectivity index (χ0v) is 11.0. The number of piperazine rings is 1. The zero-order chi connectivity index (χ0) is 10.9. The van der Waals surface area contributed by atoms with Gasteiger partial charge in [-0.3, -0.25) is 4.90 Å². The summed E-state index contributed by atoms with van der Waals surface area (Å²) < 4.78 is 0. The summed E-state index contributed by atoms with van der Waals surface area (Å²) in [5.74, 6) is 1.08. The molecule has 15 heavy (non-hydrogen) atoms. The zero-order valence-electron chi connectivity index (χ0n) is 10.1. The Labute approximate surface area is 99.4 Å². The highest BCUT2D eigenvalue weighted by molar-refractivity contribution is 7.80. The molecule has 0 N–H and O–H groups in total. The summed E-state index contributed by atoms with van der Waals surface area (Å²) in [7, 11) is 0. The highest BCUT2D eigenvalue weighted by atomic mass is 32.1. The fourth-order valence-corrected chi connectivity index (χ4v) is 2.87. The molecule has 2 nitrogen and oxygen atoms in total. The van der Waals surface area contributed by atoms with Gasteiger partial charge in [0.1, 0.15) is 0 Å². The van der Waals surface area contributed by atoms with Crippen LogP contribution in [0.4, 0.5) is 0 Å². The van der Waals surface area contributed by atoms with Gasteiger partial charge in [-0.25, -0.2) is 0 Å². The Morgan fingerprint density at radius 3 is 2.13 bits per heavy atom. The summed E-state index contributed by atoms with van der Waals surface area (Å²) in [6, 6.07) is 0.715. The second-order valence-electron chi connectivity index (χ2n) is 5.56. The lowest BCUT2D eigenvalue weighted by molar-refractivity contribution is 0.0962. The normalized spacial score (nSPS) is 27.2. The maximum Gasteiger partial charge on any atom is 0.0113 e. The Hall–Kier alpha value is 0.270. The van der Waals surface area contributed by atoms with Crippen molar-refractivity contribution >= 4 is 12.6 Å². The molecule has 3 heteroatoms.